The Balaban J connectivity index is 1.84. The number of aryl methyl sites for hydroxylation is 1. The van der Waals surface area contributed by atoms with Gasteiger partial charge < -0.3 is 23.7 Å². The van der Waals surface area contributed by atoms with E-state index in [4.69, 9.17) is 23.7 Å². The van der Waals surface area contributed by atoms with Crippen LogP contribution in [0.5, 0.6) is 0 Å². The van der Waals surface area contributed by atoms with Crippen LogP contribution in [-0.4, -0.2) is 54.9 Å². The van der Waals surface area contributed by atoms with Crippen molar-refractivity contribution in [2.24, 2.45) is 0 Å². The number of rotatable bonds is 8. The minimum atomic E-state index is -1.21. The van der Waals surface area contributed by atoms with Crippen LogP contribution in [0.15, 0.2) is 48.5 Å². The Morgan fingerprint density at radius 3 is 2.07 bits per heavy atom. The van der Waals surface area contributed by atoms with Crippen LogP contribution in [0.2, 0.25) is 0 Å². The third kappa shape index (κ3) is 7.26. The SMILES string of the molecule is CCc1ccc(C2=CCCCc3c2cccc3C2OC(COC(C)=O)C(OC(C)=O)C(OC(C)=O)C2OC(C)=O)cc1. The highest BCUT2D eigenvalue weighted by molar-refractivity contribution is 5.82. The van der Waals surface area contributed by atoms with E-state index in [-0.39, 0.29) is 6.61 Å². The van der Waals surface area contributed by atoms with E-state index in [2.05, 4.69) is 43.3 Å². The molecule has 0 bridgehead atoms. The van der Waals surface area contributed by atoms with Crippen LogP contribution in [0.3, 0.4) is 0 Å². The summed E-state index contributed by atoms with van der Waals surface area (Å²) >= 11 is 0. The first kappa shape index (κ1) is 31.0. The van der Waals surface area contributed by atoms with Crippen LogP contribution >= 0.6 is 0 Å². The molecule has 2 aromatic carbocycles. The van der Waals surface area contributed by atoms with Gasteiger partial charge in [-0.3, -0.25) is 19.2 Å². The van der Waals surface area contributed by atoms with E-state index < -0.39 is 54.4 Å². The summed E-state index contributed by atoms with van der Waals surface area (Å²) in [6, 6.07) is 14.4. The molecule has 1 fully saturated rings. The summed E-state index contributed by atoms with van der Waals surface area (Å²) in [5.74, 6) is -2.50. The molecular weight excluding hydrogens is 540 g/mol. The smallest absolute Gasteiger partial charge is 0.303 e. The predicted molar refractivity (Wildman–Crippen MR) is 153 cm³/mol. The summed E-state index contributed by atoms with van der Waals surface area (Å²) < 4.78 is 28.7. The van der Waals surface area contributed by atoms with Crippen LogP contribution < -0.4 is 0 Å². The second-order valence-electron chi connectivity index (χ2n) is 10.6. The molecule has 9 heteroatoms. The molecule has 5 atom stereocenters. The van der Waals surface area contributed by atoms with Crippen molar-refractivity contribution in [3.8, 4) is 0 Å². The lowest BCUT2D eigenvalue weighted by Gasteiger charge is -2.45. The monoisotopic (exact) mass is 578 g/mol. The zero-order chi connectivity index (χ0) is 30.4. The number of hydrogen-bond acceptors (Lipinski definition) is 9. The van der Waals surface area contributed by atoms with Crippen LogP contribution in [0.4, 0.5) is 0 Å². The highest BCUT2D eigenvalue weighted by atomic mass is 16.7. The summed E-state index contributed by atoms with van der Waals surface area (Å²) in [7, 11) is 0. The quantitative estimate of drug-likeness (QED) is 0.321. The molecule has 0 amide bonds. The number of allylic oxidation sites excluding steroid dienone is 1. The van der Waals surface area contributed by atoms with Crippen molar-refractivity contribution in [3.63, 3.8) is 0 Å². The molecule has 2 aliphatic rings. The highest BCUT2D eigenvalue weighted by Gasteiger charge is 2.53. The Morgan fingerprint density at radius 1 is 0.810 bits per heavy atom. The van der Waals surface area contributed by atoms with Crippen LogP contribution in [-0.2, 0) is 55.7 Å². The molecule has 4 rings (SSSR count). The normalized spacial score (nSPS) is 23.5. The molecule has 1 heterocycles. The standard InChI is InChI=1S/C33H38O9/c1-6-23-14-16-24(17-15-23)25-10-7-8-11-27-26(25)12-9-13-28(27)30-32(40-21(4)36)33(41-22(5)37)31(39-20(3)35)29(42-30)18-38-19(2)34/h9-10,12-17,29-33H,6-8,11,18H2,1-5H3. The zero-order valence-corrected chi connectivity index (χ0v) is 24.7. The van der Waals surface area contributed by atoms with Crippen molar-refractivity contribution < 1.29 is 42.9 Å². The molecule has 0 spiro atoms. The van der Waals surface area contributed by atoms with Gasteiger partial charge in [-0.05, 0) is 59.1 Å². The number of esters is 4. The fourth-order valence-corrected chi connectivity index (χ4v) is 5.71. The number of carbonyl (C=O) groups is 4. The number of carbonyl (C=O) groups excluding carboxylic acids is 4. The lowest BCUT2D eigenvalue weighted by molar-refractivity contribution is -0.254. The molecule has 1 aliphatic heterocycles. The van der Waals surface area contributed by atoms with Gasteiger partial charge in [0.25, 0.3) is 0 Å². The summed E-state index contributed by atoms with van der Waals surface area (Å²) in [6.07, 6.45) is 0.200. The van der Waals surface area contributed by atoms with E-state index in [9.17, 15) is 19.2 Å². The van der Waals surface area contributed by atoms with Crippen LogP contribution in [0, 0.1) is 0 Å². The molecule has 1 saturated heterocycles. The van der Waals surface area contributed by atoms with Gasteiger partial charge in [0.15, 0.2) is 18.3 Å². The number of hydrogen-bond donors (Lipinski definition) is 0. The van der Waals surface area contributed by atoms with E-state index in [1.165, 1.54) is 33.3 Å². The van der Waals surface area contributed by atoms with E-state index in [0.717, 1.165) is 53.5 Å². The number of fused-ring (bicyclic) bond motifs is 1. The molecule has 0 N–H and O–H groups in total. The topological polar surface area (TPSA) is 114 Å². The summed E-state index contributed by atoms with van der Waals surface area (Å²) in [5, 5.41) is 0. The van der Waals surface area contributed by atoms with Gasteiger partial charge in [-0.1, -0.05) is 55.5 Å². The maximum absolute atomic E-state index is 12.4. The second-order valence-corrected chi connectivity index (χ2v) is 10.6. The van der Waals surface area contributed by atoms with E-state index in [0.29, 0.717) is 0 Å². The van der Waals surface area contributed by atoms with Crippen molar-refractivity contribution in [1.29, 1.82) is 0 Å². The van der Waals surface area contributed by atoms with Crippen LogP contribution in [0.1, 0.15) is 81.4 Å². The fourth-order valence-electron chi connectivity index (χ4n) is 5.71. The number of ether oxygens (including phenoxy) is 5. The fraction of sp³-hybridized carbons (Fsp3) is 0.455. The average molecular weight is 579 g/mol. The van der Waals surface area contributed by atoms with Crippen molar-refractivity contribution >= 4 is 29.5 Å². The first-order valence-electron chi connectivity index (χ1n) is 14.3. The largest absolute Gasteiger partial charge is 0.463 e. The molecule has 224 valence electrons. The van der Waals surface area contributed by atoms with Gasteiger partial charge >= 0.3 is 23.9 Å². The Kier molecular flexibility index (Phi) is 10.2. The van der Waals surface area contributed by atoms with E-state index in [1.54, 1.807) is 0 Å². The molecule has 0 radical (unpaired) electrons. The lowest BCUT2D eigenvalue weighted by Crippen LogP contribution is -2.59. The van der Waals surface area contributed by atoms with Crippen molar-refractivity contribution in [2.45, 2.75) is 90.8 Å². The average Bonchev–Trinajstić information content (AvgIpc) is 3.16. The third-order valence-electron chi connectivity index (χ3n) is 7.45. The van der Waals surface area contributed by atoms with Gasteiger partial charge in [0.05, 0.1) is 0 Å². The van der Waals surface area contributed by atoms with Crippen molar-refractivity contribution in [3.05, 3.63) is 76.4 Å². The van der Waals surface area contributed by atoms with Gasteiger partial charge in [-0.2, -0.15) is 0 Å². The van der Waals surface area contributed by atoms with Gasteiger partial charge in [0.2, 0.25) is 0 Å². The summed E-state index contributed by atoms with van der Waals surface area (Å²) in [4.78, 5) is 48.5. The van der Waals surface area contributed by atoms with Gasteiger partial charge in [0.1, 0.15) is 18.8 Å². The second kappa shape index (κ2) is 13.8. The van der Waals surface area contributed by atoms with E-state index >= 15 is 0 Å². The first-order valence-corrected chi connectivity index (χ1v) is 14.3. The maximum Gasteiger partial charge on any atom is 0.303 e. The molecule has 5 unspecified atom stereocenters. The highest BCUT2D eigenvalue weighted by Crippen LogP contribution is 2.42. The molecular formula is C33H38O9. The Labute approximate surface area is 246 Å². The number of benzene rings is 2. The summed E-state index contributed by atoms with van der Waals surface area (Å²) in [6.45, 7) is 6.78. The Morgan fingerprint density at radius 2 is 1.45 bits per heavy atom. The molecule has 1 aliphatic carbocycles. The molecule has 0 saturated carbocycles. The summed E-state index contributed by atoms with van der Waals surface area (Å²) in [5.41, 5.74) is 6.23. The van der Waals surface area contributed by atoms with Crippen molar-refractivity contribution in [2.75, 3.05) is 6.61 Å². The van der Waals surface area contributed by atoms with Crippen molar-refractivity contribution in [1.82, 2.24) is 0 Å². The lowest BCUT2D eigenvalue weighted by atomic mass is 9.84. The minimum absolute atomic E-state index is 0.266. The molecule has 9 nitrogen and oxygen atoms in total. The Bertz CT molecular complexity index is 1340. The minimum Gasteiger partial charge on any atom is -0.463 e. The molecule has 0 aromatic heterocycles. The molecule has 42 heavy (non-hydrogen) atoms. The maximum atomic E-state index is 12.4. The first-order chi connectivity index (χ1) is 20.1. The Hall–Kier alpha value is -3.98. The van der Waals surface area contributed by atoms with Gasteiger partial charge in [-0.15, -0.1) is 0 Å². The molecule has 2 aromatic rings. The third-order valence-corrected chi connectivity index (χ3v) is 7.45. The van der Waals surface area contributed by atoms with Crippen LogP contribution in [0.25, 0.3) is 5.57 Å². The van der Waals surface area contributed by atoms with E-state index in [1.807, 2.05) is 12.1 Å². The van der Waals surface area contributed by atoms with Gasteiger partial charge in [0, 0.05) is 27.7 Å². The van der Waals surface area contributed by atoms with Gasteiger partial charge in [-0.25, -0.2) is 0 Å². The predicted octanol–water partition coefficient (Wildman–Crippen LogP) is 4.82. The zero-order valence-electron chi connectivity index (χ0n) is 24.7.